The van der Waals surface area contributed by atoms with Crippen molar-refractivity contribution in [2.45, 2.75) is 19.5 Å². The number of likely N-dealkylation sites (N-methyl/N-ethyl adjacent to an activating group) is 1. The van der Waals surface area contributed by atoms with Crippen molar-refractivity contribution in [3.05, 3.63) is 66.0 Å². The van der Waals surface area contributed by atoms with Crippen molar-refractivity contribution >= 4 is 21.6 Å². The molecule has 0 aliphatic carbocycles. The maximum absolute atomic E-state index is 13.1. The van der Waals surface area contributed by atoms with Crippen molar-refractivity contribution < 1.29 is 17.6 Å². The van der Waals surface area contributed by atoms with Gasteiger partial charge in [-0.2, -0.15) is 0 Å². The van der Waals surface area contributed by atoms with Gasteiger partial charge >= 0.3 is 0 Å². The van der Waals surface area contributed by atoms with E-state index in [2.05, 4.69) is 0 Å². The SMILES string of the molecule is C[C@@H](C(=O)N(C)Cc1ccccc1)N(c1ccc(F)cc1)S(C)(=O)=O. The highest BCUT2D eigenvalue weighted by molar-refractivity contribution is 7.92. The molecule has 0 bridgehead atoms. The minimum absolute atomic E-state index is 0.248. The van der Waals surface area contributed by atoms with Gasteiger partial charge in [-0.1, -0.05) is 30.3 Å². The molecule has 2 aromatic rings. The van der Waals surface area contributed by atoms with Crippen LogP contribution in [0.1, 0.15) is 12.5 Å². The Balaban J connectivity index is 2.25. The minimum atomic E-state index is -3.72. The van der Waals surface area contributed by atoms with E-state index in [1.807, 2.05) is 30.3 Å². The van der Waals surface area contributed by atoms with E-state index >= 15 is 0 Å². The molecule has 0 aliphatic heterocycles. The highest BCUT2D eigenvalue weighted by Crippen LogP contribution is 2.22. The third-order valence-electron chi connectivity index (χ3n) is 3.79. The lowest BCUT2D eigenvalue weighted by atomic mass is 10.2. The highest BCUT2D eigenvalue weighted by atomic mass is 32.2. The summed E-state index contributed by atoms with van der Waals surface area (Å²) in [5.74, 6) is -0.823. The van der Waals surface area contributed by atoms with Gasteiger partial charge in [0.1, 0.15) is 11.9 Å². The molecule has 2 aromatic carbocycles. The maximum atomic E-state index is 13.1. The average Bonchev–Trinajstić information content (AvgIpc) is 2.55. The van der Waals surface area contributed by atoms with Gasteiger partial charge < -0.3 is 4.90 Å². The van der Waals surface area contributed by atoms with Crippen LogP contribution < -0.4 is 4.31 Å². The number of hydrogen-bond donors (Lipinski definition) is 0. The zero-order chi connectivity index (χ0) is 18.6. The van der Waals surface area contributed by atoms with Crippen molar-refractivity contribution in [3.63, 3.8) is 0 Å². The van der Waals surface area contributed by atoms with E-state index < -0.39 is 21.9 Å². The summed E-state index contributed by atoms with van der Waals surface area (Å²) in [5, 5.41) is 0. The third kappa shape index (κ3) is 4.79. The lowest BCUT2D eigenvalue weighted by Crippen LogP contribution is -2.48. The quantitative estimate of drug-likeness (QED) is 0.792. The number of benzene rings is 2. The van der Waals surface area contributed by atoms with Crippen LogP contribution >= 0.6 is 0 Å². The van der Waals surface area contributed by atoms with Crippen LogP contribution in [0, 0.1) is 5.82 Å². The molecule has 0 radical (unpaired) electrons. The number of anilines is 1. The molecule has 0 spiro atoms. The normalized spacial score (nSPS) is 12.5. The molecule has 0 heterocycles. The van der Waals surface area contributed by atoms with Gasteiger partial charge in [0, 0.05) is 13.6 Å². The van der Waals surface area contributed by atoms with Crippen LogP contribution in [0.25, 0.3) is 0 Å². The van der Waals surface area contributed by atoms with Crippen LogP contribution in [0.2, 0.25) is 0 Å². The molecule has 5 nitrogen and oxygen atoms in total. The number of halogens is 1. The van der Waals surface area contributed by atoms with Crippen molar-refractivity contribution in [2.24, 2.45) is 0 Å². The monoisotopic (exact) mass is 364 g/mol. The lowest BCUT2D eigenvalue weighted by Gasteiger charge is -2.31. The molecule has 25 heavy (non-hydrogen) atoms. The number of sulfonamides is 1. The summed E-state index contributed by atoms with van der Waals surface area (Å²) in [7, 11) is -2.10. The Morgan fingerprint density at radius 2 is 1.64 bits per heavy atom. The molecule has 1 amide bonds. The van der Waals surface area contributed by atoms with E-state index in [0.717, 1.165) is 16.1 Å². The zero-order valence-corrected chi connectivity index (χ0v) is 15.2. The largest absolute Gasteiger partial charge is 0.340 e. The molecule has 0 saturated carbocycles. The smallest absolute Gasteiger partial charge is 0.246 e. The van der Waals surface area contributed by atoms with Crippen LogP contribution in [-0.2, 0) is 21.4 Å². The number of rotatable bonds is 6. The summed E-state index contributed by atoms with van der Waals surface area (Å²) >= 11 is 0. The Hall–Kier alpha value is -2.41. The number of amides is 1. The van der Waals surface area contributed by atoms with E-state index in [0.29, 0.717) is 6.54 Å². The second kappa shape index (κ2) is 7.65. The molecule has 2 rings (SSSR count). The fourth-order valence-corrected chi connectivity index (χ4v) is 3.81. The highest BCUT2D eigenvalue weighted by Gasteiger charge is 2.30. The summed E-state index contributed by atoms with van der Waals surface area (Å²) in [6.07, 6.45) is 1.03. The first-order valence-electron chi connectivity index (χ1n) is 7.74. The third-order valence-corrected chi connectivity index (χ3v) is 5.03. The second-order valence-corrected chi connectivity index (χ2v) is 7.75. The summed E-state index contributed by atoms with van der Waals surface area (Å²) in [6, 6.07) is 13.5. The first kappa shape index (κ1) is 18.9. The van der Waals surface area contributed by atoms with E-state index in [-0.39, 0.29) is 11.6 Å². The molecule has 0 aromatic heterocycles. The van der Waals surface area contributed by atoms with Crippen molar-refractivity contribution in [1.29, 1.82) is 0 Å². The molecule has 134 valence electrons. The summed E-state index contributed by atoms with van der Waals surface area (Å²) in [4.78, 5) is 14.2. The fourth-order valence-electron chi connectivity index (χ4n) is 2.64. The van der Waals surface area contributed by atoms with E-state index in [4.69, 9.17) is 0 Å². The van der Waals surface area contributed by atoms with Gasteiger partial charge in [0.15, 0.2) is 0 Å². The average molecular weight is 364 g/mol. The van der Waals surface area contributed by atoms with Crippen LogP contribution in [0.5, 0.6) is 0 Å². The van der Waals surface area contributed by atoms with Gasteiger partial charge in [-0.05, 0) is 36.8 Å². The van der Waals surface area contributed by atoms with Crippen LogP contribution in [0.3, 0.4) is 0 Å². The molecule has 7 heteroatoms. The summed E-state index contributed by atoms with van der Waals surface area (Å²) in [6.45, 7) is 1.89. The van der Waals surface area contributed by atoms with Gasteiger partial charge in [0.05, 0.1) is 11.9 Å². The molecular weight excluding hydrogens is 343 g/mol. The predicted octanol–water partition coefficient (Wildman–Crippen LogP) is 2.64. The van der Waals surface area contributed by atoms with Gasteiger partial charge in [-0.15, -0.1) is 0 Å². The second-order valence-electron chi connectivity index (χ2n) is 5.89. The zero-order valence-electron chi connectivity index (χ0n) is 14.4. The number of nitrogens with zero attached hydrogens (tertiary/aromatic N) is 2. The molecule has 0 unspecified atom stereocenters. The van der Waals surface area contributed by atoms with Crippen LogP contribution in [-0.4, -0.2) is 38.6 Å². The Labute approximate surface area is 147 Å². The van der Waals surface area contributed by atoms with E-state index in [1.165, 1.54) is 36.1 Å². The van der Waals surface area contributed by atoms with E-state index in [1.54, 1.807) is 7.05 Å². The van der Waals surface area contributed by atoms with Crippen molar-refractivity contribution in [2.75, 3.05) is 17.6 Å². The van der Waals surface area contributed by atoms with Crippen LogP contribution in [0.15, 0.2) is 54.6 Å². The number of carbonyl (C=O) groups is 1. The minimum Gasteiger partial charge on any atom is -0.340 e. The fraction of sp³-hybridized carbons (Fsp3) is 0.278. The molecule has 0 saturated heterocycles. The number of hydrogen-bond acceptors (Lipinski definition) is 3. The Morgan fingerprint density at radius 1 is 1.08 bits per heavy atom. The summed E-state index contributed by atoms with van der Waals surface area (Å²) in [5.41, 5.74) is 1.19. The molecular formula is C18H21FN2O3S. The molecule has 1 atom stereocenters. The van der Waals surface area contributed by atoms with Gasteiger partial charge in [-0.25, -0.2) is 12.8 Å². The topological polar surface area (TPSA) is 57.7 Å². The van der Waals surface area contributed by atoms with E-state index in [9.17, 15) is 17.6 Å². The van der Waals surface area contributed by atoms with Gasteiger partial charge in [-0.3, -0.25) is 9.10 Å². The lowest BCUT2D eigenvalue weighted by molar-refractivity contribution is -0.131. The molecule has 0 N–H and O–H groups in total. The Morgan fingerprint density at radius 3 is 2.16 bits per heavy atom. The standard InChI is InChI=1S/C18H21FN2O3S/c1-14(18(22)20(2)13-15-7-5-4-6-8-15)21(25(3,23)24)17-11-9-16(19)10-12-17/h4-12,14H,13H2,1-3H3/t14-/m0/s1. The van der Waals surface area contributed by atoms with Crippen molar-refractivity contribution in [1.82, 2.24) is 4.90 Å². The number of carbonyl (C=O) groups excluding carboxylic acids is 1. The Bertz CT molecular complexity index is 823. The molecule has 0 aliphatic rings. The van der Waals surface area contributed by atoms with Crippen molar-refractivity contribution in [3.8, 4) is 0 Å². The van der Waals surface area contributed by atoms with Gasteiger partial charge in [0.2, 0.25) is 15.9 Å². The predicted molar refractivity (Wildman–Crippen MR) is 96.1 cm³/mol. The summed E-state index contributed by atoms with van der Waals surface area (Å²) < 4.78 is 38.6. The first-order valence-corrected chi connectivity index (χ1v) is 9.59. The van der Waals surface area contributed by atoms with Crippen LogP contribution in [0.4, 0.5) is 10.1 Å². The maximum Gasteiger partial charge on any atom is 0.246 e. The Kier molecular flexibility index (Phi) is 5.79. The first-order chi connectivity index (χ1) is 11.7. The molecule has 0 fully saturated rings. The van der Waals surface area contributed by atoms with Gasteiger partial charge in [0.25, 0.3) is 0 Å².